The van der Waals surface area contributed by atoms with Crippen molar-refractivity contribution in [2.24, 2.45) is 0 Å². The molecule has 4 rings (SSSR count). The molecule has 0 aromatic heterocycles. The van der Waals surface area contributed by atoms with E-state index in [0.717, 1.165) is 11.3 Å². The number of amides is 2. The van der Waals surface area contributed by atoms with Crippen LogP contribution in [0, 0.1) is 5.82 Å². The minimum absolute atomic E-state index is 0.0989. The van der Waals surface area contributed by atoms with Crippen molar-refractivity contribution in [3.63, 3.8) is 0 Å². The highest BCUT2D eigenvalue weighted by Gasteiger charge is 2.23. The van der Waals surface area contributed by atoms with E-state index in [1.807, 2.05) is 36.4 Å². The maximum absolute atomic E-state index is 13.0. The second kappa shape index (κ2) is 9.96. The Morgan fingerprint density at radius 2 is 1.62 bits per heavy atom. The fourth-order valence-corrected chi connectivity index (χ4v) is 3.39. The van der Waals surface area contributed by atoms with Crippen LogP contribution >= 0.6 is 0 Å². The molecule has 0 aliphatic carbocycles. The van der Waals surface area contributed by atoms with Gasteiger partial charge in [-0.2, -0.15) is 0 Å². The van der Waals surface area contributed by atoms with Crippen LogP contribution in [0.3, 0.4) is 0 Å². The number of nitrogens with zero attached hydrogens (tertiary/aromatic N) is 1. The lowest BCUT2D eigenvalue weighted by atomic mass is 10.2. The number of ether oxygens (including phenoxy) is 2. The van der Waals surface area contributed by atoms with Crippen LogP contribution in [0.5, 0.6) is 17.2 Å². The average Bonchev–Trinajstić information content (AvgIpc) is 2.83. The molecule has 0 atom stereocenters. The Labute approximate surface area is 185 Å². The average molecular weight is 434 g/mol. The molecule has 164 valence electrons. The van der Waals surface area contributed by atoms with Gasteiger partial charge < -0.3 is 19.7 Å². The second-order valence-corrected chi connectivity index (χ2v) is 7.34. The van der Waals surface area contributed by atoms with Crippen LogP contribution in [-0.2, 0) is 16.1 Å². The van der Waals surface area contributed by atoms with Crippen molar-refractivity contribution in [2.75, 3.05) is 18.1 Å². The summed E-state index contributed by atoms with van der Waals surface area (Å²) in [6, 6.07) is 20.4. The minimum Gasteiger partial charge on any atom is -0.490 e. The van der Waals surface area contributed by atoms with E-state index in [4.69, 9.17) is 9.47 Å². The number of carbonyl (C=O) groups excluding carboxylic acids is 2. The molecule has 1 aliphatic heterocycles. The van der Waals surface area contributed by atoms with Gasteiger partial charge in [0, 0.05) is 19.4 Å². The lowest BCUT2D eigenvalue weighted by molar-refractivity contribution is -0.125. The molecule has 0 spiro atoms. The van der Waals surface area contributed by atoms with E-state index in [-0.39, 0.29) is 30.5 Å². The number of para-hydroxylation sites is 2. The van der Waals surface area contributed by atoms with Gasteiger partial charge in [-0.05, 0) is 54.1 Å². The molecule has 0 fully saturated rings. The Hall–Kier alpha value is -3.87. The Morgan fingerprint density at radius 1 is 0.938 bits per heavy atom. The molecule has 6 nitrogen and oxygen atoms in total. The second-order valence-electron chi connectivity index (χ2n) is 7.34. The zero-order valence-electron chi connectivity index (χ0n) is 17.4. The maximum atomic E-state index is 13.0. The molecule has 7 heteroatoms. The summed E-state index contributed by atoms with van der Waals surface area (Å²) in [5.74, 6) is 1.23. The molecular formula is C25H23FN2O4. The molecule has 0 radical (unpaired) electrons. The number of anilines is 1. The Morgan fingerprint density at radius 3 is 2.38 bits per heavy atom. The van der Waals surface area contributed by atoms with Crippen molar-refractivity contribution in [3.8, 4) is 17.2 Å². The summed E-state index contributed by atoms with van der Waals surface area (Å²) in [6.07, 6.45) is 0.245. The van der Waals surface area contributed by atoms with E-state index < -0.39 is 0 Å². The van der Waals surface area contributed by atoms with E-state index in [0.29, 0.717) is 36.9 Å². The SMILES string of the molecule is O=C(CCC(=O)N1CCOc2ccccc21)NCc1ccc(Oc2ccc(F)cc2)cc1. The van der Waals surface area contributed by atoms with Crippen LogP contribution in [0.4, 0.5) is 10.1 Å². The van der Waals surface area contributed by atoms with Crippen LogP contribution in [0.1, 0.15) is 18.4 Å². The first-order valence-electron chi connectivity index (χ1n) is 10.4. The zero-order valence-corrected chi connectivity index (χ0v) is 17.4. The maximum Gasteiger partial charge on any atom is 0.227 e. The van der Waals surface area contributed by atoms with Crippen LogP contribution in [0.2, 0.25) is 0 Å². The highest BCUT2D eigenvalue weighted by molar-refractivity contribution is 5.97. The number of hydrogen-bond acceptors (Lipinski definition) is 4. The van der Waals surface area contributed by atoms with E-state index >= 15 is 0 Å². The van der Waals surface area contributed by atoms with Crippen molar-refractivity contribution >= 4 is 17.5 Å². The van der Waals surface area contributed by atoms with Gasteiger partial charge in [-0.1, -0.05) is 24.3 Å². The third kappa shape index (κ3) is 5.43. The van der Waals surface area contributed by atoms with Crippen LogP contribution in [-0.4, -0.2) is 25.0 Å². The third-order valence-electron chi connectivity index (χ3n) is 5.06. The monoisotopic (exact) mass is 434 g/mol. The predicted octanol–water partition coefficient (Wildman–Crippen LogP) is 4.44. The van der Waals surface area contributed by atoms with Gasteiger partial charge in [0.2, 0.25) is 11.8 Å². The standard InChI is InChI=1S/C25H23FN2O4/c26-19-7-11-21(12-8-19)32-20-9-5-18(6-10-20)17-27-24(29)13-14-25(30)28-15-16-31-23-4-2-1-3-22(23)28/h1-12H,13-17H2,(H,27,29). The zero-order chi connectivity index (χ0) is 22.3. The number of benzene rings is 3. The van der Waals surface area contributed by atoms with E-state index in [1.165, 1.54) is 12.1 Å². The Bertz CT molecular complexity index is 1080. The Kier molecular flexibility index (Phi) is 6.65. The first kappa shape index (κ1) is 21.4. The first-order chi connectivity index (χ1) is 15.6. The van der Waals surface area contributed by atoms with Crippen LogP contribution in [0.25, 0.3) is 0 Å². The highest BCUT2D eigenvalue weighted by atomic mass is 19.1. The molecule has 0 bridgehead atoms. The summed E-state index contributed by atoms with van der Waals surface area (Å²) >= 11 is 0. The van der Waals surface area contributed by atoms with Gasteiger partial charge in [-0.15, -0.1) is 0 Å². The number of fused-ring (bicyclic) bond motifs is 1. The summed E-state index contributed by atoms with van der Waals surface area (Å²) in [7, 11) is 0. The number of carbonyl (C=O) groups is 2. The van der Waals surface area contributed by atoms with Gasteiger partial charge in [0.25, 0.3) is 0 Å². The molecule has 3 aromatic carbocycles. The summed E-state index contributed by atoms with van der Waals surface area (Å²) in [6.45, 7) is 1.27. The summed E-state index contributed by atoms with van der Waals surface area (Å²) in [4.78, 5) is 26.5. The number of rotatable bonds is 7. The predicted molar refractivity (Wildman–Crippen MR) is 118 cm³/mol. The van der Waals surface area contributed by atoms with Gasteiger partial charge in [0.05, 0.1) is 12.2 Å². The molecule has 0 saturated carbocycles. The number of hydrogen-bond donors (Lipinski definition) is 1. The van der Waals surface area contributed by atoms with Crippen molar-refractivity contribution in [1.29, 1.82) is 0 Å². The molecule has 1 N–H and O–H groups in total. The van der Waals surface area contributed by atoms with Crippen LogP contribution < -0.4 is 19.7 Å². The summed E-state index contributed by atoms with van der Waals surface area (Å²) < 4.78 is 24.2. The van der Waals surface area contributed by atoms with Gasteiger partial charge in [-0.25, -0.2) is 4.39 Å². The van der Waals surface area contributed by atoms with Crippen molar-refractivity contribution < 1.29 is 23.5 Å². The molecule has 0 saturated heterocycles. The summed E-state index contributed by atoms with van der Waals surface area (Å²) in [5.41, 5.74) is 1.64. The minimum atomic E-state index is -0.320. The van der Waals surface area contributed by atoms with Crippen molar-refractivity contribution in [2.45, 2.75) is 19.4 Å². The molecule has 3 aromatic rings. The first-order valence-corrected chi connectivity index (χ1v) is 10.4. The summed E-state index contributed by atoms with van der Waals surface area (Å²) in [5, 5.41) is 2.83. The fourth-order valence-electron chi connectivity index (χ4n) is 3.39. The fraction of sp³-hybridized carbons (Fsp3) is 0.200. The van der Waals surface area contributed by atoms with Crippen LogP contribution in [0.15, 0.2) is 72.8 Å². The van der Waals surface area contributed by atoms with Crippen molar-refractivity contribution in [1.82, 2.24) is 5.32 Å². The lowest BCUT2D eigenvalue weighted by Gasteiger charge is -2.29. The third-order valence-corrected chi connectivity index (χ3v) is 5.06. The van der Waals surface area contributed by atoms with Gasteiger partial charge in [0.15, 0.2) is 0 Å². The number of nitrogens with one attached hydrogen (secondary N) is 1. The number of halogens is 1. The topological polar surface area (TPSA) is 67.9 Å². The molecule has 32 heavy (non-hydrogen) atoms. The van der Waals surface area contributed by atoms with Gasteiger partial charge >= 0.3 is 0 Å². The van der Waals surface area contributed by atoms with Crippen molar-refractivity contribution in [3.05, 3.63) is 84.2 Å². The Balaban J connectivity index is 1.23. The molecular weight excluding hydrogens is 411 g/mol. The molecule has 0 unspecified atom stereocenters. The van der Waals surface area contributed by atoms with E-state index in [1.54, 1.807) is 29.2 Å². The lowest BCUT2D eigenvalue weighted by Crippen LogP contribution is -2.38. The highest BCUT2D eigenvalue weighted by Crippen LogP contribution is 2.31. The quantitative estimate of drug-likeness (QED) is 0.597. The van der Waals surface area contributed by atoms with E-state index in [2.05, 4.69) is 5.32 Å². The van der Waals surface area contributed by atoms with Gasteiger partial charge in [0.1, 0.15) is 29.7 Å². The van der Waals surface area contributed by atoms with E-state index in [9.17, 15) is 14.0 Å². The largest absolute Gasteiger partial charge is 0.490 e. The normalized spacial score (nSPS) is 12.5. The van der Waals surface area contributed by atoms with Gasteiger partial charge in [-0.3, -0.25) is 9.59 Å². The molecule has 2 amide bonds. The molecule has 1 heterocycles. The smallest absolute Gasteiger partial charge is 0.227 e. The molecule has 1 aliphatic rings.